The highest BCUT2D eigenvalue weighted by Gasteiger charge is 2.35. The number of aliphatic hydroxyl groups is 1. The van der Waals surface area contributed by atoms with E-state index in [1.807, 2.05) is 0 Å². The maximum atomic E-state index is 12.1. The highest BCUT2D eigenvalue weighted by molar-refractivity contribution is 7.86. The molecule has 8 heteroatoms. The summed E-state index contributed by atoms with van der Waals surface area (Å²) in [5.41, 5.74) is -0.651. The lowest BCUT2D eigenvalue weighted by atomic mass is 10.0. The van der Waals surface area contributed by atoms with Crippen molar-refractivity contribution in [2.24, 2.45) is 0 Å². The molecule has 1 amide bonds. The normalized spacial score (nSPS) is 24.6. The number of nitrogens with zero attached hydrogens (tertiary/aromatic N) is 1. The fourth-order valence-corrected chi connectivity index (χ4v) is 2.71. The van der Waals surface area contributed by atoms with Gasteiger partial charge >= 0.3 is 6.09 Å². The van der Waals surface area contributed by atoms with Crippen molar-refractivity contribution >= 4 is 16.2 Å². The molecule has 2 atom stereocenters. The second-order valence-corrected chi connectivity index (χ2v) is 7.57. The Kier molecular flexibility index (Phi) is 5.39. The van der Waals surface area contributed by atoms with Gasteiger partial charge in [0.2, 0.25) is 0 Å². The summed E-state index contributed by atoms with van der Waals surface area (Å²) in [7, 11) is -3.57. The number of carbonyl (C=O) groups is 1. The number of ether oxygens (including phenoxy) is 1. The summed E-state index contributed by atoms with van der Waals surface area (Å²) in [5.74, 6) is 0. The third-order valence-electron chi connectivity index (χ3n) is 2.81. The van der Waals surface area contributed by atoms with Crippen molar-refractivity contribution in [3.05, 3.63) is 0 Å². The molecular formula is C12H23NO6S. The summed E-state index contributed by atoms with van der Waals surface area (Å²) >= 11 is 0. The number of amides is 1. The molecule has 2 unspecified atom stereocenters. The molecular weight excluding hydrogens is 286 g/mol. The lowest BCUT2D eigenvalue weighted by Gasteiger charge is -2.38. The van der Waals surface area contributed by atoms with E-state index in [9.17, 15) is 18.3 Å². The Hall–Kier alpha value is -0.860. The molecule has 1 rings (SSSR count). The van der Waals surface area contributed by atoms with Crippen molar-refractivity contribution in [2.45, 2.75) is 51.4 Å². The quantitative estimate of drug-likeness (QED) is 0.772. The third kappa shape index (κ3) is 5.64. The predicted molar refractivity (Wildman–Crippen MR) is 72.8 cm³/mol. The van der Waals surface area contributed by atoms with Crippen LogP contribution in [0.5, 0.6) is 0 Å². The lowest BCUT2D eigenvalue weighted by Crippen LogP contribution is -2.52. The van der Waals surface area contributed by atoms with Crippen LogP contribution < -0.4 is 0 Å². The Morgan fingerprint density at radius 2 is 1.95 bits per heavy atom. The van der Waals surface area contributed by atoms with Gasteiger partial charge < -0.3 is 14.7 Å². The molecule has 1 N–H and O–H groups in total. The SMILES string of the molecule is CC(C)(C)OC(=O)N1CC(OS(C)(=O)=O)CCC1CO. The number of hydrogen-bond donors (Lipinski definition) is 1. The molecule has 0 aromatic heterocycles. The summed E-state index contributed by atoms with van der Waals surface area (Å²) in [6, 6.07) is -0.371. The first kappa shape index (κ1) is 17.2. The minimum absolute atomic E-state index is 0.0905. The number of rotatable bonds is 3. The van der Waals surface area contributed by atoms with Crippen LogP contribution in [-0.2, 0) is 19.0 Å². The summed E-state index contributed by atoms with van der Waals surface area (Å²) in [5, 5.41) is 9.32. The van der Waals surface area contributed by atoms with Gasteiger partial charge in [0, 0.05) is 0 Å². The van der Waals surface area contributed by atoms with Gasteiger partial charge in [-0.25, -0.2) is 4.79 Å². The zero-order chi connectivity index (χ0) is 15.6. The fourth-order valence-electron chi connectivity index (χ4n) is 2.05. The molecule has 0 aromatic rings. The number of carbonyl (C=O) groups excluding carboxylic acids is 1. The van der Waals surface area contributed by atoms with E-state index in [0.29, 0.717) is 12.8 Å². The van der Waals surface area contributed by atoms with Crippen molar-refractivity contribution in [1.29, 1.82) is 0 Å². The monoisotopic (exact) mass is 309 g/mol. The first-order valence-corrected chi connectivity index (χ1v) is 8.32. The molecule has 1 heterocycles. The van der Waals surface area contributed by atoms with Crippen LogP contribution in [0.3, 0.4) is 0 Å². The topological polar surface area (TPSA) is 93.1 Å². The van der Waals surface area contributed by atoms with Crippen molar-refractivity contribution in [2.75, 3.05) is 19.4 Å². The van der Waals surface area contributed by atoms with Crippen molar-refractivity contribution in [3.63, 3.8) is 0 Å². The van der Waals surface area contributed by atoms with Crippen LogP contribution >= 0.6 is 0 Å². The summed E-state index contributed by atoms with van der Waals surface area (Å²) < 4.78 is 32.5. The average Bonchev–Trinajstić information content (AvgIpc) is 2.24. The molecule has 0 aliphatic carbocycles. The molecule has 0 radical (unpaired) electrons. The molecule has 1 saturated heterocycles. The molecule has 7 nitrogen and oxygen atoms in total. The van der Waals surface area contributed by atoms with E-state index in [1.54, 1.807) is 20.8 Å². The molecule has 1 aliphatic rings. The van der Waals surface area contributed by atoms with Crippen LogP contribution in [0.15, 0.2) is 0 Å². The Bertz CT molecular complexity index is 441. The third-order valence-corrected chi connectivity index (χ3v) is 3.43. The van der Waals surface area contributed by atoms with Gasteiger partial charge in [-0.05, 0) is 33.6 Å². The van der Waals surface area contributed by atoms with Gasteiger partial charge in [-0.3, -0.25) is 4.18 Å². The smallest absolute Gasteiger partial charge is 0.410 e. The Morgan fingerprint density at radius 3 is 2.40 bits per heavy atom. The molecule has 0 spiro atoms. The number of piperidine rings is 1. The zero-order valence-corrected chi connectivity index (χ0v) is 13.1. The molecule has 0 aromatic carbocycles. The van der Waals surface area contributed by atoms with Gasteiger partial charge in [-0.2, -0.15) is 8.42 Å². The molecule has 0 bridgehead atoms. The van der Waals surface area contributed by atoms with Gasteiger partial charge in [0.15, 0.2) is 0 Å². The highest BCUT2D eigenvalue weighted by Crippen LogP contribution is 2.23. The van der Waals surface area contributed by atoms with E-state index in [4.69, 9.17) is 8.92 Å². The van der Waals surface area contributed by atoms with E-state index < -0.39 is 27.9 Å². The fraction of sp³-hybridized carbons (Fsp3) is 0.917. The van der Waals surface area contributed by atoms with E-state index in [0.717, 1.165) is 6.26 Å². The minimum atomic E-state index is -3.57. The maximum absolute atomic E-state index is 12.1. The number of hydrogen-bond acceptors (Lipinski definition) is 6. The largest absolute Gasteiger partial charge is 0.444 e. The standard InChI is InChI=1S/C12H23NO6S/c1-12(2,3)18-11(15)13-7-10(19-20(4,16)17)6-5-9(13)8-14/h9-10,14H,5-8H2,1-4H3. The number of likely N-dealkylation sites (tertiary alicyclic amines) is 1. The van der Waals surface area contributed by atoms with E-state index in [1.165, 1.54) is 4.90 Å². The average molecular weight is 309 g/mol. The molecule has 118 valence electrons. The summed E-state index contributed by atoms with van der Waals surface area (Å²) in [4.78, 5) is 13.4. The maximum Gasteiger partial charge on any atom is 0.410 e. The van der Waals surface area contributed by atoms with Gasteiger partial charge in [0.05, 0.1) is 31.6 Å². The van der Waals surface area contributed by atoms with E-state index in [-0.39, 0.29) is 19.2 Å². The van der Waals surface area contributed by atoms with Crippen LogP contribution in [0.2, 0.25) is 0 Å². The molecule has 1 aliphatic heterocycles. The first-order chi connectivity index (χ1) is 9.02. The van der Waals surface area contributed by atoms with Crippen molar-refractivity contribution in [3.8, 4) is 0 Å². The van der Waals surface area contributed by atoms with Crippen LogP contribution in [0.1, 0.15) is 33.6 Å². The van der Waals surface area contributed by atoms with Crippen molar-refractivity contribution in [1.82, 2.24) is 4.90 Å². The second-order valence-electron chi connectivity index (χ2n) is 5.97. The molecule has 20 heavy (non-hydrogen) atoms. The van der Waals surface area contributed by atoms with E-state index >= 15 is 0 Å². The van der Waals surface area contributed by atoms with E-state index in [2.05, 4.69) is 0 Å². The Morgan fingerprint density at radius 1 is 1.35 bits per heavy atom. The van der Waals surface area contributed by atoms with Crippen molar-refractivity contribution < 1.29 is 27.2 Å². The van der Waals surface area contributed by atoms with Gasteiger partial charge in [0.1, 0.15) is 5.60 Å². The minimum Gasteiger partial charge on any atom is -0.444 e. The van der Waals surface area contributed by atoms with Crippen LogP contribution in [0, 0.1) is 0 Å². The van der Waals surface area contributed by atoms with Crippen LogP contribution in [0.4, 0.5) is 4.79 Å². The van der Waals surface area contributed by atoms with Gasteiger partial charge in [-0.1, -0.05) is 0 Å². The van der Waals surface area contributed by atoms with Crippen LogP contribution in [0.25, 0.3) is 0 Å². The van der Waals surface area contributed by atoms with Gasteiger partial charge in [-0.15, -0.1) is 0 Å². The summed E-state index contributed by atoms with van der Waals surface area (Å²) in [6.45, 7) is 5.13. The van der Waals surface area contributed by atoms with Crippen LogP contribution in [-0.4, -0.2) is 61.7 Å². The lowest BCUT2D eigenvalue weighted by molar-refractivity contribution is -0.0167. The zero-order valence-electron chi connectivity index (χ0n) is 12.3. The second kappa shape index (κ2) is 6.28. The molecule has 0 saturated carbocycles. The highest BCUT2D eigenvalue weighted by atomic mass is 32.2. The summed E-state index contributed by atoms with van der Waals surface area (Å²) in [6.07, 6.45) is 0.745. The Labute approximate surface area is 120 Å². The Balaban J connectivity index is 2.75. The predicted octanol–water partition coefficient (Wildman–Crippen LogP) is 0.723. The molecule has 1 fully saturated rings. The van der Waals surface area contributed by atoms with Gasteiger partial charge in [0.25, 0.3) is 10.1 Å². The number of aliphatic hydroxyl groups excluding tert-OH is 1. The first-order valence-electron chi connectivity index (χ1n) is 6.50.